The van der Waals surface area contributed by atoms with Crippen molar-refractivity contribution in [2.24, 2.45) is 7.05 Å². The maximum atomic E-state index is 15.5. The van der Waals surface area contributed by atoms with Crippen molar-refractivity contribution < 1.29 is 27.1 Å². The number of aromatic nitrogens is 3. The van der Waals surface area contributed by atoms with Crippen LogP contribution < -0.4 is 10.1 Å². The first kappa shape index (κ1) is 26.4. The Morgan fingerprint density at radius 1 is 1.25 bits per heavy atom. The summed E-state index contributed by atoms with van der Waals surface area (Å²) in [5.74, 6) is -0.717. The van der Waals surface area contributed by atoms with Crippen LogP contribution in [0.3, 0.4) is 0 Å². The van der Waals surface area contributed by atoms with Crippen molar-refractivity contribution in [3.63, 3.8) is 0 Å². The molecule has 198 valence electrons. The molecule has 2 aliphatic rings. The van der Waals surface area contributed by atoms with E-state index in [0.29, 0.717) is 45.1 Å². The van der Waals surface area contributed by atoms with Gasteiger partial charge in [-0.3, -0.25) is 9.48 Å². The number of fused-ring (bicyclic) bond motifs is 1. The summed E-state index contributed by atoms with van der Waals surface area (Å²) in [6.07, 6.45) is 2.55. The summed E-state index contributed by atoms with van der Waals surface area (Å²) in [6.45, 7) is 1.45. The molecular formula is C25H33F4N5O2. The molecule has 36 heavy (non-hydrogen) atoms. The Bertz CT molecular complexity index is 1040. The monoisotopic (exact) mass is 511 g/mol. The first-order valence-electron chi connectivity index (χ1n) is 12.5. The fourth-order valence-corrected chi connectivity index (χ4v) is 5.03. The van der Waals surface area contributed by atoms with E-state index >= 15 is 4.39 Å². The van der Waals surface area contributed by atoms with Crippen LogP contribution in [0, 0.1) is 5.95 Å². The van der Waals surface area contributed by atoms with Gasteiger partial charge in [-0.05, 0) is 44.1 Å². The third kappa shape index (κ3) is 7.18. The molecule has 1 saturated carbocycles. The van der Waals surface area contributed by atoms with Crippen LogP contribution in [0.25, 0.3) is 0 Å². The van der Waals surface area contributed by atoms with Gasteiger partial charge in [-0.1, -0.05) is 6.07 Å². The number of aryl methyl sites for hydroxylation is 1. The van der Waals surface area contributed by atoms with E-state index in [-0.39, 0.29) is 29.8 Å². The average Bonchev–Trinajstić information content (AvgIpc) is 3.02. The zero-order chi connectivity index (χ0) is 25.7. The van der Waals surface area contributed by atoms with Gasteiger partial charge in [0.05, 0.1) is 6.42 Å². The molecule has 1 aliphatic carbocycles. The highest BCUT2D eigenvalue weighted by atomic mass is 19.3. The minimum atomic E-state index is -2.54. The lowest BCUT2D eigenvalue weighted by Gasteiger charge is -2.35. The van der Waals surface area contributed by atoms with E-state index in [2.05, 4.69) is 20.3 Å². The van der Waals surface area contributed by atoms with Gasteiger partial charge < -0.3 is 15.0 Å². The molecule has 0 aromatic carbocycles. The number of rotatable bonds is 9. The van der Waals surface area contributed by atoms with Gasteiger partial charge in [0.15, 0.2) is 6.61 Å². The SMILES string of the molecule is Cn1cc(CC(=O)NC2CCC(F)(CCN3CCc4ccc(OCC(F)F)nc4CC3)CC2)c(F)n1. The third-order valence-corrected chi connectivity index (χ3v) is 7.09. The van der Waals surface area contributed by atoms with E-state index in [9.17, 15) is 18.0 Å². The van der Waals surface area contributed by atoms with Crippen molar-refractivity contribution in [2.45, 2.75) is 69.5 Å². The lowest BCUT2D eigenvalue weighted by atomic mass is 9.81. The number of ether oxygens (including phenoxy) is 1. The van der Waals surface area contributed by atoms with Crippen molar-refractivity contribution in [3.8, 4) is 5.88 Å². The zero-order valence-corrected chi connectivity index (χ0v) is 20.5. The quantitative estimate of drug-likeness (QED) is 0.523. The summed E-state index contributed by atoms with van der Waals surface area (Å²) in [7, 11) is 1.60. The lowest BCUT2D eigenvalue weighted by Crippen LogP contribution is -2.43. The number of carbonyl (C=O) groups excluding carboxylic acids is 1. The summed E-state index contributed by atoms with van der Waals surface area (Å²) in [5.41, 5.74) is 0.892. The van der Waals surface area contributed by atoms with Crippen LogP contribution in [0.5, 0.6) is 5.88 Å². The Balaban J connectivity index is 1.20. The highest BCUT2D eigenvalue weighted by molar-refractivity contribution is 5.78. The smallest absolute Gasteiger partial charge is 0.272 e. The number of amides is 1. The number of pyridine rings is 1. The van der Waals surface area contributed by atoms with Gasteiger partial charge in [-0.25, -0.2) is 18.2 Å². The molecule has 0 saturated heterocycles. The molecule has 0 atom stereocenters. The Labute approximate surface area is 208 Å². The Morgan fingerprint density at radius 3 is 2.69 bits per heavy atom. The highest BCUT2D eigenvalue weighted by Gasteiger charge is 2.36. The maximum absolute atomic E-state index is 15.5. The Hall–Kier alpha value is -2.69. The van der Waals surface area contributed by atoms with Crippen molar-refractivity contribution in [2.75, 3.05) is 26.2 Å². The molecule has 4 rings (SSSR count). The second-order valence-corrected chi connectivity index (χ2v) is 9.84. The van der Waals surface area contributed by atoms with Gasteiger partial charge in [0.1, 0.15) is 5.67 Å². The van der Waals surface area contributed by atoms with Crippen molar-refractivity contribution in [1.82, 2.24) is 25.0 Å². The summed E-state index contributed by atoms with van der Waals surface area (Å²) < 4.78 is 60.3. The van der Waals surface area contributed by atoms with Crippen molar-refractivity contribution >= 4 is 5.91 Å². The van der Waals surface area contributed by atoms with Gasteiger partial charge in [0, 0.05) is 62.7 Å². The number of carbonyl (C=O) groups is 1. The van der Waals surface area contributed by atoms with Crippen LogP contribution in [-0.4, -0.2) is 69.9 Å². The van der Waals surface area contributed by atoms with Gasteiger partial charge >= 0.3 is 0 Å². The molecule has 1 amide bonds. The molecule has 0 bridgehead atoms. The number of nitrogens with zero attached hydrogens (tertiary/aromatic N) is 4. The van der Waals surface area contributed by atoms with Gasteiger partial charge in [-0.15, -0.1) is 5.10 Å². The maximum Gasteiger partial charge on any atom is 0.272 e. The van der Waals surface area contributed by atoms with Crippen molar-refractivity contribution in [3.05, 3.63) is 41.1 Å². The van der Waals surface area contributed by atoms with Crippen LogP contribution in [0.2, 0.25) is 0 Å². The number of hydrogen-bond acceptors (Lipinski definition) is 5. The molecule has 2 aromatic rings. The number of alkyl halides is 3. The molecule has 3 heterocycles. The topological polar surface area (TPSA) is 72.3 Å². The molecule has 1 N–H and O–H groups in total. The predicted octanol–water partition coefficient (Wildman–Crippen LogP) is 3.40. The minimum absolute atomic E-state index is 0.0804. The fraction of sp³-hybridized carbons (Fsp3) is 0.640. The lowest BCUT2D eigenvalue weighted by molar-refractivity contribution is -0.121. The Morgan fingerprint density at radius 2 is 2.00 bits per heavy atom. The van der Waals surface area contributed by atoms with E-state index in [1.165, 1.54) is 10.9 Å². The summed E-state index contributed by atoms with van der Waals surface area (Å²) >= 11 is 0. The molecule has 0 spiro atoms. The standard InChI is InChI=1S/C25H33F4N5O2/c1-33-15-18(24(28)32-33)14-22(35)30-19-4-8-25(29,9-5-19)10-13-34-11-6-17-2-3-23(36-16-21(26)27)31-20(17)7-12-34/h2-3,15,19,21H,4-14,16H2,1H3,(H,30,35). The van der Waals surface area contributed by atoms with Crippen LogP contribution >= 0.6 is 0 Å². The molecular weight excluding hydrogens is 478 g/mol. The van der Waals surface area contributed by atoms with Crippen LogP contribution in [0.4, 0.5) is 17.6 Å². The second-order valence-electron chi connectivity index (χ2n) is 9.84. The fourth-order valence-electron chi connectivity index (χ4n) is 5.03. The highest BCUT2D eigenvalue weighted by Crippen LogP contribution is 2.35. The minimum Gasteiger partial charge on any atom is -0.472 e. The molecule has 11 heteroatoms. The van der Waals surface area contributed by atoms with E-state index in [1.54, 1.807) is 13.1 Å². The average molecular weight is 512 g/mol. The number of hydrogen-bond donors (Lipinski definition) is 1. The van der Waals surface area contributed by atoms with Gasteiger partial charge in [0.25, 0.3) is 6.43 Å². The summed E-state index contributed by atoms with van der Waals surface area (Å²) in [6, 6.07) is 3.39. The van der Waals surface area contributed by atoms with E-state index in [0.717, 1.165) is 30.8 Å². The van der Waals surface area contributed by atoms with Crippen LogP contribution in [0.15, 0.2) is 18.3 Å². The van der Waals surface area contributed by atoms with E-state index < -0.39 is 24.6 Å². The normalized spacial score (nSPS) is 22.8. The van der Waals surface area contributed by atoms with Gasteiger partial charge in [0.2, 0.25) is 17.7 Å². The molecule has 2 aromatic heterocycles. The number of halogens is 4. The van der Waals surface area contributed by atoms with Crippen LogP contribution in [0.1, 0.15) is 48.9 Å². The molecule has 0 radical (unpaired) electrons. The number of nitrogens with one attached hydrogen (secondary N) is 1. The van der Waals surface area contributed by atoms with E-state index in [1.807, 2.05) is 6.07 Å². The largest absolute Gasteiger partial charge is 0.472 e. The first-order valence-corrected chi connectivity index (χ1v) is 12.5. The molecule has 7 nitrogen and oxygen atoms in total. The Kier molecular flexibility index (Phi) is 8.48. The molecule has 0 unspecified atom stereocenters. The van der Waals surface area contributed by atoms with Crippen molar-refractivity contribution in [1.29, 1.82) is 0 Å². The summed E-state index contributed by atoms with van der Waals surface area (Å²) in [4.78, 5) is 18.9. The van der Waals surface area contributed by atoms with E-state index in [4.69, 9.17) is 4.74 Å². The third-order valence-electron chi connectivity index (χ3n) is 7.09. The molecule has 1 aliphatic heterocycles. The zero-order valence-electron chi connectivity index (χ0n) is 20.5. The summed E-state index contributed by atoms with van der Waals surface area (Å²) in [5, 5.41) is 6.51. The second kappa shape index (κ2) is 11.6. The predicted molar refractivity (Wildman–Crippen MR) is 125 cm³/mol. The molecule has 1 fully saturated rings. The first-order chi connectivity index (χ1) is 17.2. The van der Waals surface area contributed by atoms with Crippen LogP contribution in [-0.2, 0) is 31.1 Å². The van der Waals surface area contributed by atoms with Gasteiger partial charge in [-0.2, -0.15) is 4.39 Å².